The topological polar surface area (TPSA) is 74.6 Å². The third kappa shape index (κ3) is 2.19. The molecule has 1 rings (SSSR count). The van der Waals surface area contributed by atoms with Crippen LogP contribution in [0.2, 0.25) is 0 Å². The van der Waals surface area contributed by atoms with Gasteiger partial charge in [-0.05, 0) is 24.1 Å². The fourth-order valence-corrected chi connectivity index (χ4v) is 1.56. The Morgan fingerprint density at radius 2 is 2.00 bits per heavy atom. The predicted octanol–water partition coefficient (Wildman–Crippen LogP) is 1.20. The zero-order valence-electron chi connectivity index (χ0n) is 7.06. The highest BCUT2D eigenvalue weighted by atomic mass is 32.2. The predicted molar refractivity (Wildman–Crippen MR) is 47.3 cm³/mol. The van der Waals surface area contributed by atoms with Gasteiger partial charge in [-0.1, -0.05) is 13.0 Å². The molecule has 0 amide bonds. The largest absolute Gasteiger partial charge is 0.506 e. The number of hydrogen-bond donors (Lipinski definition) is 2. The molecule has 0 saturated carbocycles. The van der Waals surface area contributed by atoms with Crippen molar-refractivity contribution in [3.8, 4) is 5.75 Å². The standard InChI is InChI=1S/C8H10O4S/c1-2-6-3-4-8(7(9)5-6)13(10,11)12/h3-5,9H,2H2,1H3,(H,10,11,12). The zero-order valence-corrected chi connectivity index (χ0v) is 7.87. The average molecular weight is 202 g/mol. The maximum absolute atomic E-state index is 10.6. The number of aromatic hydroxyl groups is 1. The molecule has 0 aromatic heterocycles. The highest BCUT2D eigenvalue weighted by Gasteiger charge is 2.14. The first kappa shape index (κ1) is 10.0. The molecule has 0 aliphatic carbocycles. The van der Waals surface area contributed by atoms with E-state index in [0.29, 0.717) is 6.42 Å². The molecule has 0 spiro atoms. The second kappa shape index (κ2) is 3.35. The van der Waals surface area contributed by atoms with Crippen LogP contribution in [0.5, 0.6) is 5.75 Å². The van der Waals surface area contributed by atoms with Gasteiger partial charge in [0.15, 0.2) is 0 Å². The molecule has 0 unspecified atom stereocenters. The van der Waals surface area contributed by atoms with Crippen molar-refractivity contribution in [2.45, 2.75) is 18.2 Å². The first-order valence-corrected chi connectivity index (χ1v) is 5.18. The summed E-state index contributed by atoms with van der Waals surface area (Å²) >= 11 is 0. The quantitative estimate of drug-likeness (QED) is 0.707. The summed E-state index contributed by atoms with van der Waals surface area (Å²) in [5.74, 6) is -0.415. The lowest BCUT2D eigenvalue weighted by atomic mass is 10.2. The first-order valence-electron chi connectivity index (χ1n) is 3.74. The summed E-state index contributed by atoms with van der Waals surface area (Å²) in [6.07, 6.45) is 0.694. The zero-order chi connectivity index (χ0) is 10.1. The van der Waals surface area contributed by atoms with Crippen LogP contribution in [-0.4, -0.2) is 18.1 Å². The molecular weight excluding hydrogens is 192 g/mol. The van der Waals surface area contributed by atoms with Gasteiger partial charge in [-0.15, -0.1) is 0 Å². The van der Waals surface area contributed by atoms with Gasteiger partial charge in [-0.25, -0.2) is 0 Å². The van der Waals surface area contributed by atoms with Crippen LogP contribution in [0.1, 0.15) is 12.5 Å². The second-order valence-corrected chi connectivity index (χ2v) is 4.02. The van der Waals surface area contributed by atoms with Crippen molar-refractivity contribution in [1.29, 1.82) is 0 Å². The van der Waals surface area contributed by atoms with E-state index >= 15 is 0 Å². The summed E-state index contributed by atoms with van der Waals surface area (Å²) in [5.41, 5.74) is 0.810. The van der Waals surface area contributed by atoms with Gasteiger partial charge in [0.25, 0.3) is 10.1 Å². The lowest BCUT2D eigenvalue weighted by Crippen LogP contribution is -1.98. The normalized spacial score (nSPS) is 11.5. The highest BCUT2D eigenvalue weighted by molar-refractivity contribution is 7.86. The molecule has 0 heterocycles. The molecule has 1 aromatic rings. The van der Waals surface area contributed by atoms with Crippen molar-refractivity contribution in [3.63, 3.8) is 0 Å². The van der Waals surface area contributed by atoms with Gasteiger partial charge in [0.2, 0.25) is 0 Å². The smallest absolute Gasteiger partial charge is 0.298 e. The molecule has 0 aliphatic rings. The number of phenolic OH excluding ortho intramolecular Hbond substituents is 1. The molecule has 4 nitrogen and oxygen atoms in total. The van der Waals surface area contributed by atoms with Gasteiger partial charge in [-0.2, -0.15) is 8.42 Å². The summed E-state index contributed by atoms with van der Waals surface area (Å²) in [6, 6.07) is 4.05. The van der Waals surface area contributed by atoms with Crippen LogP contribution >= 0.6 is 0 Å². The monoisotopic (exact) mass is 202 g/mol. The Balaban J connectivity index is 3.29. The average Bonchev–Trinajstić information content (AvgIpc) is 2.01. The van der Waals surface area contributed by atoms with Gasteiger partial charge >= 0.3 is 0 Å². The Kier molecular flexibility index (Phi) is 2.58. The third-order valence-corrected chi connectivity index (χ3v) is 2.61. The number of phenols is 1. The minimum absolute atomic E-state index is 0.415. The summed E-state index contributed by atoms with van der Waals surface area (Å²) in [7, 11) is -4.31. The molecule has 13 heavy (non-hydrogen) atoms. The fourth-order valence-electron chi connectivity index (χ4n) is 1.00. The van der Waals surface area contributed by atoms with E-state index in [0.717, 1.165) is 5.56 Å². The van der Waals surface area contributed by atoms with Gasteiger partial charge < -0.3 is 5.11 Å². The molecule has 0 radical (unpaired) electrons. The van der Waals surface area contributed by atoms with E-state index in [-0.39, 0.29) is 0 Å². The van der Waals surface area contributed by atoms with Gasteiger partial charge in [0.1, 0.15) is 10.6 Å². The molecule has 0 saturated heterocycles. The van der Waals surface area contributed by atoms with E-state index in [1.54, 1.807) is 6.07 Å². The van der Waals surface area contributed by atoms with Gasteiger partial charge in [0, 0.05) is 0 Å². The highest BCUT2D eigenvalue weighted by Crippen LogP contribution is 2.23. The Morgan fingerprint density at radius 1 is 1.38 bits per heavy atom. The van der Waals surface area contributed by atoms with Crippen molar-refractivity contribution >= 4 is 10.1 Å². The van der Waals surface area contributed by atoms with E-state index < -0.39 is 20.8 Å². The number of hydrogen-bond acceptors (Lipinski definition) is 3. The van der Waals surface area contributed by atoms with Crippen LogP contribution in [0, 0.1) is 0 Å². The third-order valence-electron chi connectivity index (χ3n) is 1.71. The summed E-state index contributed by atoms with van der Waals surface area (Å²) in [5, 5.41) is 9.22. The van der Waals surface area contributed by atoms with Crippen LogP contribution < -0.4 is 0 Å². The van der Waals surface area contributed by atoms with Gasteiger partial charge in [-0.3, -0.25) is 4.55 Å². The molecule has 2 N–H and O–H groups in total. The van der Waals surface area contributed by atoms with E-state index in [2.05, 4.69) is 0 Å². The molecule has 72 valence electrons. The summed E-state index contributed by atoms with van der Waals surface area (Å²) in [4.78, 5) is -0.454. The van der Waals surface area contributed by atoms with Crippen molar-refractivity contribution < 1.29 is 18.1 Å². The Morgan fingerprint density at radius 3 is 2.38 bits per heavy atom. The Bertz CT molecular complexity index is 408. The van der Waals surface area contributed by atoms with E-state index in [4.69, 9.17) is 4.55 Å². The van der Waals surface area contributed by atoms with Crippen LogP contribution in [0.4, 0.5) is 0 Å². The van der Waals surface area contributed by atoms with Crippen molar-refractivity contribution in [2.24, 2.45) is 0 Å². The molecular formula is C8H10O4S. The van der Waals surface area contributed by atoms with E-state index in [1.165, 1.54) is 12.1 Å². The number of aryl methyl sites for hydroxylation is 1. The van der Waals surface area contributed by atoms with Crippen LogP contribution in [0.25, 0.3) is 0 Å². The lowest BCUT2D eigenvalue weighted by Gasteiger charge is -2.02. The Labute approximate surface area is 76.6 Å². The molecule has 0 fully saturated rings. The maximum atomic E-state index is 10.6. The number of rotatable bonds is 2. The van der Waals surface area contributed by atoms with Crippen LogP contribution in [-0.2, 0) is 16.5 Å². The fraction of sp³-hybridized carbons (Fsp3) is 0.250. The lowest BCUT2D eigenvalue weighted by molar-refractivity contribution is 0.443. The van der Waals surface area contributed by atoms with Crippen LogP contribution in [0.15, 0.2) is 23.1 Å². The molecule has 0 aliphatic heterocycles. The first-order chi connectivity index (χ1) is 5.95. The number of benzene rings is 1. The molecule has 0 atom stereocenters. The Hall–Kier alpha value is -1.07. The maximum Gasteiger partial charge on any atom is 0.298 e. The van der Waals surface area contributed by atoms with Crippen molar-refractivity contribution in [3.05, 3.63) is 23.8 Å². The molecule has 0 bridgehead atoms. The summed E-state index contributed by atoms with van der Waals surface area (Å²) < 4.78 is 29.9. The minimum atomic E-state index is -4.31. The summed E-state index contributed by atoms with van der Waals surface area (Å²) in [6.45, 7) is 1.88. The minimum Gasteiger partial charge on any atom is -0.506 e. The van der Waals surface area contributed by atoms with Gasteiger partial charge in [0.05, 0.1) is 0 Å². The van der Waals surface area contributed by atoms with Crippen molar-refractivity contribution in [2.75, 3.05) is 0 Å². The van der Waals surface area contributed by atoms with E-state index in [1.807, 2.05) is 6.92 Å². The van der Waals surface area contributed by atoms with E-state index in [9.17, 15) is 13.5 Å². The second-order valence-electron chi connectivity index (χ2n) is 2.63. The van der Waals surface area contributed by atoms with Crippen molar-refractivity contribution in [1.82, 2.24) is 0 Å². The molecule has 1 aromatic carbocycles. The molecule has 5 heteroatoms. The van der Waals surface area contributed by atoms with Crippen LogP contribution in [0.3, 0.4) is 0 Å². The SMILES string of the molecule is CCc1ccc(S(=O)(=O)O)c(O)c1.